The van der Waals surface area contributed by atoms with E-state index in [2.05, 4.69) is 0 Å². The van der Waals surface area contributed by atoms with Crippen LogP contribution in [0.2, 0.25) is 0 Å². The number of carboxylic acid groups (broad SMARTS) is 2. The number of carbonyl (C=O) groups is 1. The minimum atomic E-state index is -1.83. The van der Waals surface area contributed by atoms with Gasteiger partial charge in [0.1, 0.15) is 0 Å². The summed E-state index contributed by atoms with van der Waals surface area (Å²) in [4.78, 5) is 8.56. The van der Waals surface area contributed by atoms with Crippen molar-refractivity contribution >= 4 is 35.7 Å². The van der Waals surface area contributed by atoms with E-state index >= 15 is 0 Å². The first-order valence-electron chi connectivity index (χ1n) is 1.10. The molecule has 5 N–H and O–H groups in total. The van der Waals surface area contributed by atoms with E-state index in [4.69, 9.17) is 20.1 Å². The molecule has 0 heterocycles. The molecule has 0 aliphatic rings. The van der Waals surface area contributed by atoms with Crippen LogP contribution in [-0.2, 0) is 0 Å². The molecule has 0 aliphatic heterocycles. The maximum absolute atomic E-state index is 8.56. The second-order valence-corrected chi connectivity index (χ2v) is 0.283. The molecule has 0 saturated heterocycles. The van der Waals surface area contributed by atoms with Gasteiger partial charge < -0.3 is 20.8 Å². The van der Waals surface area contributed by atoms with Crippen LogP contribution in [0.15, 0.2) is 0 Å². The summed E-state index contributed by atoms with van der Waals surface area (Å²) in [6.45, 7) is 0. The molecule has 0 aromatic carbocycles. The van der Waals surface area contributed by atoms with Gasteiger partial charge in [0.15, 0.2) is 0 Å². The van der Waals surface area contributed by atoms with Gasteiger partial charge >= 0.3 is 35.7 Å². The van der Waals surface area contributed by atoms with Crippen LogP contribution in [0, 0.1) is 0 Å². The molecule has 6 heteroatoms. The molecule has 0 fully saturated rings. The van der Waals surface area contributed by atoms with E-state index < -0.39 is 6.16 Å². The average molecular weight is 136 g/mol. The third-order valence-corrected chi connectivity index (χ3v) is 0. The first-order chi connectivity index (χ1) is 2.73. The predicted molar refractivity (Wildman–Crippen MR) is 29.6 cm³/mol. The molecular formula is C2H9NaO5. The van der Waals surface area contributed by atoms with Crippen molar-refractivity contribution in [1.82, 2.24) is 0 Å². The molecule has 8 heavy (non-hydrogen) atoms. The Morgan fingerprint density at radius 3 is 1.25 bits per heavy atom. The van der Waals surface area contributed by atoms with Crippen LogP contribution in [-0.4, -0.2) is 63.6 Å². The van der Waals surface area contributed by atoms with Crippen LogP contribution in [0.5, 0.6) is 0 Å². The van der Waals surface area contributed by atoms with Crippen LogP contribution in [0.25, 0.3) is 0 Å². The van der Waals surface area contributed by atoms with Crippen molar-refractivity contribution < 1.29 is 25.6 Å². The zero-order valence-corrected chi connectivity index (χ0v) is 3.75. The number of aliphatic hydroxyl groups is 1. The Morgan fingerprint density at radius 2 is 1.25 bits per heavy atom. The summed E-state index contributed by atoms with van der Waals surface area (Å²) in [6, 6.07) is 0. The number of hydrogen-bond acceptors (Lipinski definition) is 2. The summed E-state index contributed by atoms with van der Waals surface area (Å²) >= 11 is 0. The second kappa shape index (κ2) is 27.1. The number of hydrogen-bond donors (Lipinski definition) is 3. The minimum absolute atomic E-state index is 0. The zero-order chi connectivity index (χ0) is 5.58. The Labute approximate surface area is 68.5 Å². The molecule has 0 aliphatic carbocycles. The molecule has 0 aromatic heterocycles. The van der Waals surface area contributed by atoms with Gasteiger partial charge in [0.25, 0.3) is 0 Å². The molecule has 0 unspecified atom stereocenters. The van der Waals surface area contributed by atoms with E-state index in [9.17, 15) is 0 Å². The molecule has 0 amide bonds. The fourth-order valence-electron chi connectivity index (χ4n) is 0. The van der Waals surface area contributed by atoms with Gasteiger partial charge in [-0.15, -0.1) is 0 Å². The quantitative estimate of drug-likeness (QED) is 0.347. The van der Waals surface area contributed by atoms with E-state index in [1.165, 1.54) is 0 Å². The average Bonchev–Trinajstić information content (AvgIpc) is 1.41. The van der Waals surface area contributed by atoms with Crippen molar-refractivity contribution in [1.29, 1.82) is 0 Å². The molecule has 0 saturated carbocycles. The second-order valence-electron chi connectivity index (χ2n) is 0.283. The van der Waals surface area contributed by atoms with Gasteiger partial charge in [-0.3, -0.25) is 0 Å². The zero-order valence-electron chi connectivity index (χ0n) is 3.75. The van der Waals surface area contributed by atoms with E-state index in [0.717, 1.165) is 7.11 Å². The van der Waals surface area contributed by atoms with Gasteiger partial charge in [0.2, 0.25) is 0 Å². The Kier molecular flexibility index (Phi) is 81.6. The van der Waals surface area contributed by atoms with Crippen molar-refractivity contribution in [2.75, 3.05) is 7.11 Å². The molecule has 5 nitrogen and oxygen atoms in total. The Bertz CT molecular complexity index is 33.4. The van der Waals surface area contributed by atoms with Crippen molar-refractivity contribution in [3.8, 4) is 0 Å². The van der Waals surface area contributed by atoms with E-state index in [-0.39, 0.29) is 35.0 Å². The predicted octanol–water partition coefficient (Wildman–Crippen LogP) is -1.64. The van der Waals surface area contributed by atoms with Crippen LogP contribution in [0.3, 0.4) is 0 Å². The SMILES string of the molecule is CO.O.O=C(O)O.[NaH]. The molecule has 0 bridgehead atoms. The summed E-state index contributed by atoms with van der Waals surface area (Å²) in [5, 5.41) is 20.9. The number of rotatable bonds is 0. The van der Waals surface area contributed by atoms with Crippen LogP contribution in [0.1, 0.15) is 0 Å². The summed E-state index contributed by atoms with van der Waals surface area (Å²) < 4.78 is 0. The summed E-state index contributed by atoms with van der Waals surface area (Å²) in [5.41, 5.74) is 0. The van der Waals surface area contributed by atoms with Crippen molar-refractivity contribution in [3.05, 3.63) is 0 Å². The first-order valence-corrected chi connectivity index (χ1v) is 1.10. The molecule has 48 valence electrons. The van der Waals surface area contributed by atoms with E-state index in [1.807, 2.05) is 0 Å². The van der Waals surface area contributed by atoms with E-state index in [1.54, 1.807) is 0 Å². The van der Waals surface area contributed by atoms with Gasteiger partial charge in [0.05, 0.1) is 0 Å². The third kappa shape index (κ3) is 4620. The van der Waals surface area contributed by atoms with E-state index in [0.29, 0.717) is 0 Å². The van der Waals surface area contributed by atoms with Crippen molar-refractivity contribution in [2.45, 2.75) is 0 Å². The topological polar surface area (TPSA) is 109 Å². The van der Waals surface area contributed by atoms with Gasteiger partial charge in [-0.2, -0.15) is 0 Å². The molecular weight excluding hydrogens is 127 g/mol. The Morgan fingerprint density at radius 1 is 1.25 bits per heavy atom. The van der Waals surface area contributed by atoms with Gasteiger partial charge in [-0.25, -0.2) is 4.79 Å². The maximum atomic E-state index is 8.56. The summed E-state index contributed by atoms with van der Waals surface area (Å²) in [7, 11) is 1.00. The Hall–Kier alpha value is 0.190. The fraction of sp³-hybridized carbons (Fsp3) is 0.500. The van der Waals surface area contributed by atoms with Gasteiger partial charge in [-0.1, -0.05) is 0 Å². The molecule has 0 radical (unpaired) electrons. The normalized spacial score (nSPS) is 3.75. The fourth-order valence-corrected chi connectivity index (χ4v) is 0. The van der Waals surface area contributed by atoms with Crippen molar-refractivity contribution in [3.63, 3.8) is 0 Å². The van der Waals surface area contributed by atoms with Gasteiger partial charge in [0, 0.05) is 7.11 Å². The van der Waals surface area contributed by atoms with Crippen LogP contribution < -0.4 is 0 Å². The van der Waals surface area contributed by atoms with Crippen molar-refractivity contribution in [2.24, 2.45) is 0 Å². The molecule has 0 rings (SSSR count). The summed E-state index contributed by atoms with van der Waals surface area (Å²) in [5.74, 6) is 0. The number of aliphatic hydroxyl groups excluding tert-OH is 1. The van der Waals surface area contributed by atoms with Crippen LogP contribution >= 0.6 is 0 Å². The third-order valence-electron chi connectivity index (χ3n) is 0. The standard InChI is InChI=1S/CH2O3.CH4O.Na.H2O.H/c2-1(3)4;1-2;;;/h(H2,2,3,4);2H,1H3;;1H2;. The van der Waals surface area contributed by atoms with Gasteiger partial charge in [-0.05, 0) is 0 Å². The molecule has 0 aromatic rings. The first kappa shape index (κ1) is 24.1. The molecule has 0 spiro atoms. The monoisotopic (exact) mass is 136 g/mol. The Balaban J connectivity index is -0.0000000183. The van der Waals surface area contributed by atoms with Crippen LogP contribution in [0.4, 0.5) is 4.79 Å². The molecule has 0 atom stereocenters. The summed E-state index contributed by atoms with van der Waals surface area (Å²) in [6.07, 6.45) is -1.83.